The van der Waals surface area contributed by atoms with Crippen molar-refractivity contribution in [2.24, 2.45) is 5.73 Å². The summed E-state index contributed by atoms with van der Waals surface area (Å²) < 4.78 is 5.55. The van der Waals surface area contributed by atoms with Crippen LogP contribution in [0.1, 0.15) is 35.7 Å². The fourth-order valence-corrected chi connectivity index (χ4v) is 2.08. The first-order valence-corrected chi connectivity index (χ1v) is 6.33. The molecule has 0 aliphatic carbocycles. The number of hydrogen-bond donors (Lipinski definition) is 1. The van der Waals surface area contributed by atoms with Gasteiger partial charge in [0.25, 0.3) is 5.91 Å². The van der Waals surface area contributed by atoms with Crippen molar-refractivity contribution >= 4 is 11.8 Å². The summed E-state index contributed by atoms with van der Waals surface area (Å²) in [6.45, 7) is 4.78. The Bertz CT molecular complexity index is 511. The van der Waals surface area contributed by atoms with E-state index in [-0.39, 0.29) is 12.5 Å². The van der Waals surface area contributed by atoms with E-state index >= 15 is 0 Å². The standard InChI is InChI=1S/C14H18N2O3/c1-9(2)10-3-4-12-11(7-10)14(18)16(5-6-19-12)8-13(15)17/h3-4,7,9H,5-6,8H2,1-2H3,(H2,15,17). The lowest BCUT2D eigenvalue weighted by Crippen LogP contribution is -2.39. The van der Waals surface area contributed by atoms with E-state index in [1.807, 2.05) is 18.2 Å². The molecule has 1 aromatic rings. The average Bonchev–Trinajstić information content (AvgIpc) is 2.49. The van der Waals surface area contributed by atoms with Crippen molar-refractivity contribution in [2.45, 2.75) is 19.8 Å². The van der Waals surface area contributed by atoms with Crippen LogP contribution in [-0.2, 0) is 4.79 Å². The minimum absolute atomic E-state index is 0.0759. The molecule has 1 heterocycles. The Morgan fingerprint density at radius 2 is 2.21 bits per heavy atom. The van der Waals surface area contributed by atoms with E-state index in [0.29, 0.717) is 30.4 Å². The zero-order valence-corrected chi connectivity index (χ0v) is 11.2. The molecule has 2 rings (SSSR count). The minimum atomic E-state index is -0.517. The molecule has 0 saturated carbocycles. The van der Waals surface area contributed by atoms with Gasteiger partial charge in [-0.3, -0.25) is 9.59 Å². The van der Waals surface area contributed by atoms with Gasteiger partial charge in [0.2, 0.25) is 5.91 Å². The van der Waals surface area contributed by atoms with Gasteiger partial charge >= 0.3 is 0 Å². The molecule has 5 nitrogen and oxygen atoms in total. The summed E-state index contributed by atoms with van der Waals surface area (Å²) >= 11 is 0. The number of hydrogen-bond acceptors (Lipinski definition) is 3. The molecule has 1 aliphatic rings. The number of rotatable bonds is 3. The molecule has 0 aromatic heterocycles. The monoisotopic (exact) mass is 262 g/mol. The van der Waals surface area contributed by atoms with Gasteiger partial charge in [0.1, 0.15) is 12.4 Å². The van der Waals surface area contributed by atoms with Gasteiger partial charge in [-0.25, -0.2) is 0 Å². The molecule has 0 atom stereocenters. The molecule has 0 bridgehead atoms. The summed E-state index contributed by atoms with van der Waals surface area (Å²) in [7, 11) is 0. The van der Waals surface area contributed by atoms with Crippen LogP contribution in [0.25, 0.3) is 0 Å². The smallest absolute Gasteiger partial charge is 0.258 e. The summed E-state index contributed by atoms with van der Waals surface area (Å²) in [5.74, 6) is 0.179. The largest absolute Gasteiger partial charge is 0.491 e. The van der Waals surface area contributed by atoms with Crippen molar-refractivity contribution in [3.63, 3.8) is 0 Å². The lowest BCUT2D eigenvalue weighted by molar-refractivity contribution is -0.118. The van der Waals surface area contributed by atoms with E-state index < -0.39 is 5.91 Å². The lowest BCUT2D eigenvalue weighted by atomic mass is 10.00. The van der Waals surface area contributed by atoms with Gasteiger partial charge in [-0.2, -0.15) is 0 Å². The predicted octanol–water partition coefficient (Wildman–Crippen LogP) is 1.13. The van der Waals surface area contributed by atoms with E-state index in [2.05, 4.69) is 13.8 Å². The number of carbonyl (C=O) groups excluding carboxylic acids is 2. The molecular formula is C14H18N2O3. The van der Waals surface area contributed by atoms with Gasteiger partial charge in [0, 0.05) is 0 Å². The van der Waals surface area contributed by atoms with E-state index in [1.165, 1.54) is 4.90 Å². The van der Waals surface area contributed by atoms with Crippen LogP contribution in [0.2, 0.25) is 0 Å². The molecule has 0 radical (unpaired) electrons. The van der Waals surface area contributed by atoms with Gasteiger partial charge in [0.05, 0.1) is 18.7 Å². The Labute approximate surface area is 112 Å². The van der Waals surface area contributed by atoms with E-state index in [0.717, 1.165) is 5.56 Å². The van der Waals surface area contributed by atoms with E-state index in [4.69, 9.17) is 10.5 Å². The third-order valence-corrected chi connectivity index (χ3v) is 3.15. The molecular weight excluding hydrogens is 244 g/mol. The van der Waals surface area contributed by atoms with E-state index in [1.54, 1.807) is 0 Å². The molecule has 2 N–H and O–H groups in total. The summed E-state index contributed by atoms with van der Waals surface area (Å²) in [5.41, 5.74) is 6.73. The maximum atomic E-state index is 12.4. The number of primary amides is 1. The fourth-order valence-electron chi connectivity index (χ4n) is 2.08. The maximum Gasteiger partial charge on any atom is 0.258 e. The first-order valence-electron chi connectivity index (χ1n) is 6.33. The van der Waals surface area contributed by atoms with Crippen molar-refractivity contribution < 1.29 is 14.3 Å². The molecule has 0 saturated heterocycles. The van der Waals surface area contributed by atoms with Crippen LogP contribution in [0.5, 0.6) is 5.75 Å². The van der Waals surface area contributed by atoms with Crippen LogP contribution in [0.3, 0.4) is 0 Å². The topological polar surface area (TPSA) is 72.6 Å². The second-order valence-corrected chi connectivity index (χ2v) is 4.95. The third kappa shape index (κ3) is 2.86. The van der Waals surface area contributed by atoms with Crippen molar-refractivity contribution in [1.82, 2.24) is 4.90 Å². The zero-order chi connectivity index (χ0) is 14.0. The Hall–Kier alpha value is -2.04. The highest BCUT2D eigenvalue weighted by atomic mass is 16.5. The van der Waals surface area contributed by atoms with Crippen molar-refractivity contribution in [3.8, 4) is 5.75 Å². The second-order valence-electron chi connectivity index (χ2n) is 4.95. The van der Waals surface area contributed by atoms with Crippen LogP contribution in [0.15, 0.2) is 18.2 Å². The Kier molecular flexibility index (Phi) is 3.74. The third-order valence-electron chi connectivity index (χ3n) is 3.15. The molecule has 0 spiro atoms. The molecule has 2 amide bonds. The fraction of sp³-hybridized carbons (Fsp3) is 0.429. The van der Waals surface area contributed by atoms with Crippen molar-refractivity contribution in [2.75, 3.05) is 19.7 Å². The molecule has 102 valence electrons. The van der Waals surface area contributed by atoms with Crippen LogP contribution in [-0.4, -0.2) is 36.4 Å². The second kappa shape index (κ2) is 5.30. The molecule has 19 heavy (non-hydrogen) atoms. The number of carbonyl (C=O) groups is 2. The van der Waals surface area contributed by atoms with Gasteiger partial charge in [-0.05, 0) is 23.6 Å². The summed E-state index contributed by atoms with van der Waals surface area (Å²) in [4.78, 5) is 24.8. The number of benzene rings is 1. The van der Waals surface area contributed by atoms with Crippen LogP contribution < -0.4 is 10.5 Å². The summed E-state index contributed by atoms with van der Waals surface area (Å²) in [6.07, 6.45) is 0. The van der Waals surface area contributed by atoms with Gasteiger partial charge in [-0.1, -0.05) is 19.9 Å². The molecule has 1 aliphatic heterocycles. The lowest BCUT2D eigenvalue weighted by Gasteiger charge is -2.18. The quantitative estimate of drug-likeness (QED) is 0.887. The van der Waals surface area contributed by atoms with Crippen molar-refractivity contribution in [3.05, 3.63) is 29.3 Å². The Balaban J connectivity index is 2.36. The van der Waals surface area contributed by atoms with Crippen LogP contribution >= 0.6 is 0 Å². The number of fused-ring (bicyclic) bond motifs is 1. The van der Waals surface area contributed by atoms with Crippen LogP contribution in [0.4, 0.5) is 0 Å². The van der Waals surface area contributed by atoms with Gasteiger partial charge in [-0.15, -0.1) is 0 Å². The highest BCUT2D eigenvalue weighted by Crippen LogP contribution is 2.27. The first-order chi connectivity index (χ1) is 8.99. The predicted molar refractivity (Wildman–Crippen MR) is 71.1 cm³/mol. The average molecular weight is 262 g/mol. The molecule has 0 unspecified atom stereocenters. The molecule has 0 fully saturated rings. The Morgan fingerprint density at radius 3 is 2.84 bits per heavy atom. The first kappa shape index (κ1) is 13.4. The molecule has 5 heteroatoms. The Morgan fingerprint density at radius 1 is 1.47 bits per heavy atom. The van der Waals surface area contributed by atoms with E-state index in [9.17, 15) is 9.59 Å². The highest BCUT2D eigenvalue weighted by Gasteiger charge is 2.25. The zero-order valence-electron chi connectivity index (χ0n) is 11.2. The minimum Gasteiger partial charge on any atom is -0.491 e. The summed E-state index contributed by atoms with van der Waals surface area (Å²) in [6, 6.07) is 5.61. The van der Waals surface area contributed by atoms with Gasteiger partial charge in [0.15, 0.2) is 0 Å². The van der Waals surface area contributed by atoms with Crippen molar-refractivity contribution in [1.29, 1.82) is 0 Å². The number of amides is 2. The molecule has 1 aromatic carbocycles. The summed E-state index contributed by atoms with van der Waals surface area (Å²) in [5, 5.41) is 0. The van der Waals surface area contributed by atoms with Crippen LogP contribution in [0, 0.1) is 0 Å². The SMILES string of the molecule is CC(C)c1ccc2c(c1)C(=O)N(CC(N)=O)CCO2. The normalized spacial score (nSPS) is 14.9. The van der Waals surface area contributed by atoms with Gasteiger partial charge < -0.3 is 15.4 Å². The number of nitrogens with zero attached hydrogens (tertiary/aromatic N) is 1. The number of ether oxygens (including phenoxy) is 1. The highest BCUT2D eigenvalue weighted by molar-refractivity contribution is 5.99. The maximum absolute atomic E-state index is 12.4. The number of nitrogens with two attached hydrogens (primary N) is 1.